The zero-order valence-electron chi connectivity index (χ0n) is 9.17. The van der Waals surface area contributed by atoms with E-state index in [2.05, 4.69) is 11.9 Å². The van der Waals surface area contributed by atoms with Crippen molar-refractivity contribution in [2.24, 2.45) is 0 Å². The van der Waals surface area contributed by atoms with Crippen LogP contribution in [0.3, 0.4) is 0 Å². The quantitative estimate of drug-likeness (QED) is 0.704. The van der Waals surface area contributed by atoms with Crippen molar-refractivity contribution < 1.29 is 4.39 Å². The minimum Gasteiger partial charge on any atom is -0.310 e. The summed E-state index contributed by atoms with van der Waals surface area (Å²) in [5.74, 6) is -0.132. The number of halogens is 1. The third-order valence-electron chi connectivity index (χ3n) is 2.39. The second-order valence-corrected chi connectivity index (χ2v) is 3.50. The van der Waals surface area contributed by atoms with E-state index in [0.29, 0.717) is 0 Å². The summed E-state index contributed by atoms with van der Waals surface area (Å²) in [7, 11) is 0. The van der Waals surface area contributed by atoms with Crippen LogP contribution < -0.4 is 5.32 Å². The second kappa shape index (κ2) is 6.36. The molecule has 0 spiro atoms. The molecule has 82 valence electrons. The second-order valence-electron chi connectivity index (χ2n) is 3.50. The van der Waals surface area contributed by atoms with Gasteiger partial charge in [0, 0.05) is 11.6 Å². The highest BCUT2D eigenvalue weighted by Gasteiger charge is 2.12. The summed E-state index contributed by atoms with van der Waals surface area (Å²) >= 11 is 0. The topological polar surface area (TPSA) is 12.0 Å². The lowest BCUT2D eigenvalue weighted by molar-refractivity contribution is 0.488. The monoisotopic (exact) mass is 207 g/mol. The number of hydrogen-bond acceptors (Lipinski definition) is 1. The van der Waals surface area contributed by atoms with Crippen molar-refractivity contribution in [3.63, 3.8) is 0 Å². The summed E-state index contributed by atoms with van der Waals surface area (Å²) in [5, 5.41) is 3.29. The Kier molecular flexibility index (Phi) is 5.05. The zero-order valence-corrected chi connectivity index (χ0v) is 9.17. The minimum atomic E-state index is -0.132. The Morgan fingerprint density at radius 3 is 2.80 bits per heavy atom. The number of rotatable bonds is 6. The molecule has 0 heterocycles. The molecular formula is C13H18FN. The first kappa shape index (κ1) is 11.9. The van der Waals surface area contributed by atoms with E-state index >= 15 is 0 Å². The summed E-state index contributed by atoms with van der Waals surface area (Å²) in [6, 6.07) is 7.03. The van der Waals surface area contributed by atoms with Crippen molar-refractivity contribution in [1.29, 1.82) is 0 Å². The fourth-order valence-corrected chi connectivity index (χ4v) is 1.66. The van der Waals surface area contributed by atoms with Gasteiger partial charge in [-0.15, -0.1) is 6.58 Å². The van der Waals surface area contributed by atoms with E-state index in [1.54, 1.807) is 6.07 Å². The maximum absolute atomic E-state index is 13.5. The molecule has 0 aromatic heterocycles. The van der Waals surface area contributed by atoms with E-state index in [4.69, 9.17) is 0 Å². The molecular weight excluding hydrogens is 189 g/mol. The zero-order chi connectivity index (χ0) is 11.1. The normalized spacial score (nSPS) is 12.4. The number of hydrogen-bond donors (Lipinski definition) is 1. The molecule has 1 aromatic rings. The Labute approximate surface area is 91.0 Å². The predicted molar refractivity (Wildman–Crippen MR) is 62.2 cm³/mol. The van der Waals surface area contributed by atoms with Crippen molar-refractivity contribution in [2.45, 2.75) is 25.8 Å². The van der Waals surface area contributed by atoms with Gasteiger partial charge < -0.3 is 5.32 Å². The van der Waals surface area contributed by atoms with Crippen molar-refractivity contribution in [3.8, 4) is 0 Å². The van der Waals surface area contributed by atoms with Gasteiger partial charge in [-0.25, -0.2) is 4.39 Å². The first-order chi connectivity index (χ1) is 7.29. The summed E-state index contributed by atoms with van der Waals surface area (Å²) in [4.78, 5) is 0. The lowest BCUT2D eigenvalue weighted by Gasteiger charge is -2.18. The summed E-state index contributed by atoms with van der Waals surface area (Å²) in [6.07, 6.45) is 3.65. The molecule has 0 amide bonds. The number of allylic oxidation sites excluding steroid dienone is 1. The van der Waals surface area contributed by atoms with Crippen molar-refractivity contribution in [2.75, 3.05) is 6.54 Å². The molecule has 0 aliphatic carbocycles. The predicted octanol–water partition coefficient (Wildman–Crippen LogP) is 3.44. The molecule has 0 fully saturated rings. The van der Waals surface area contributed by atoms with Crippen LogP contribution in [0.5, 0.6) is 0 Å². The summed E-state index contributed by atoms with van der Waals surface area (Å²) < 4.78 is 13.5. The van der Waals surface area contributed by atoms with E-state index in [-0.39, 0.29) is 11.9 Å². The van der Waals surface area contributed by atoms with E-state index < -0.39 is 0 Å². The van der Waals surface area contributed by atoms with Crippen molar-refractivity contribution in [3.05, 3.63) is 48.3 Å². The van der Waals surface area contributed by atoms with Gasteiger partial charge in [-0.2, -0.15) is 0 Å². The molecule has 15 heavy (non-hydrogen) atoms. The average molecular weight is 207 g/mol. The minimum absolute atomic E-state index is 0.0919. The van der Waals surface area contributed by atoms with Crippen LogP contribution in [-0.2, 0) is 0 Å². The Bertz CT molecular complexity index is 309. The number of benzene rings is 1. The maximum atomic E-state index is 13.5. The van der Waals surface area contributed by atoms with Gasteiger partial charge in [0.1, 0.15) is 5.82 Å². The van der Waals surface area contributed by atoms with Crippen LogP contribution in [0.1, 0.15) is 31.4 Å². The highest BCUT2D eigenvalue weighted by Crippen LogP contribution is 2.21. The van der Waals surface area contributed by atoms with Crippen LogP contribution >= 0.6 is 0 Å². The average Bonchev–Trinajstić information content (AvgIpc) is 2.25. The van der Waals surface area contributed by atoms with Crippen molar-refractivity contribution >= 4 is 0 Å². The Morgan fingerprint density at radius 1 is 1.47 bits per heavy atom. The summed E-state index contributed by atoms with van der Waals surface area (Å²) in [5.41, 5.74) is 0.751. The van der Waals surface area contributed by atoms with Gasteiger partial charge >= 0.3 is 0 Å². The molecule has 1 N–H and O–H groups in total. The van der Waals surface area contributed by atoms with Gasteiger partial charge in [0.05, 0.1) is 0 Å². The van der Waals surface area contributed by atoms with Gasteiger partial charge in [-0.1, -0.05) is 31.2 Å². The van der Waals surface area contributed by atoms with Crippen LogP contribution in [0, 0.1) is 5.82 Å². The molecule has 1 rings (SSSR count). The first-order valence-electron chi connectivity index (χ1n) is 5.38. The molecule has 1 nitrogen and oxygen atoms in total. The van der Waals surface area contributed by atoms with E-state index in [1.807, 2.05) is 25.1 Å². The third-order valence-corrected chi connectivity index (χ3v) is 2.39. The Balaban J connectivity index is 2.78. The van der Waals surface area contributed by atoms with Gasteiger partial charge in [0.15, 0.2) is 0 Å². The first-order valence-corrected chi connectivity index (χ1v) is 5.38. The third kappa shape index (κ3) is 3.48. The smallest absolute Gasteiger partial charge is 0.127 e. The standard InChI is InChI=1S/C13H18FN/c1-3-5-10-13(15-4-2)11-8-6-7-9-12(11)14/h3,6-9,13,15H,1,4-5,10H2,2H3. The van der Waals surface area contributed by atoms with Gasteiger partial charge in [0.2, 0.25) is 0 Å². The molecule has 1 atom stereocenters. The van der Waals surface area contributed by atoms with Gasteiger partial charge in [-0.3, -0.25) is 0 Å². The van der Waals surface area contributed by atoms with E-state index in [0.717, 1.165) is 24.9 Å². The highest BCUT2D eigenvalue weighted by molar-refractivity contribution is 5.21. The van der Waals surface area contributed by atoms with Crippen molar-refractivity contribution in [1.82, 2.24) is 5.32 Å². The lowest BCUT2D eigenvalue weighted by Crippen LogP contribution is -2.21. The number of nitrogens with one attached hydrogen (secondary N) is 1. The van der Waals surface area contributed by atoms with E-state index in [1.165, 1.54) is 6.07 Å². The molecule has 0 radical (unpaired) electrons. The lowest BCUT2D eigenvalue weighted by atomic mass is 10.0. The SMILES string of the molecule is C=CCCC(NCC)c1ccccc1F. The summed E-state index contributed by atoms with van der Waals surface area (Å²) in [6.45, 7) is 6.56. The Hall–Kier alpha value is -1.15. The molecule has 0 bridgehead atoms. The fourth-order valence-electron chi connectivity index (χ4n) is 1.66. The van der Waals surface area contributed by atoms with E-state index in [9.17, 15) is 4.39 Å². The van der Waals surface area contributed by atoms with Gasteiger partial charge in [0.25, 0.3) is 0 Å². The molecule has 1 unspecified atom stereocenters. The van der Waals surface area contributed by atoms with Crippen LogP contribution in [0.4, 0.5) is 4.39 Å². The molecule has 0 saturated heterocycles. The molecule has 0 saturated carbocycles. The highest BCUT2D eigenvalue weighted by atomic mass is 19.1. The molecule has 2 heteroatoms. The molecule has 0 aliphatic rings. The maximum Gasteiger partial charge on any atom is 0.127 e. The van der Waals surface area contributed by atoms with Crippen LogP contribution in [0.15, 0.2) is 36.9 Å². The largest absolute Gasteiger partial charge is 0.310 e. The molecule has 1 aromatic carbocycles. The van der Waals surface area contributed by atoms with Crippen LogP contribution in [-0.4, -0.2) is 6.54 Å². The fraction of sp³-hybridized carbons (Fsp3) is 0.385. The van der Waals surface area contributed by atoms with Crippen LogP contribution in [0.25, 0.3) is 0 Å². The Morgan fingerprint density at radius 2 is 2.20 bits per heavy atom. The van der Waals surface area contributed by atoms with Crippen LogP contribution in [0.2, 0.25) is 0 Å². The molecule has 0 aliphatic heterocycles. The van der Waals surface area contributed by atoms with Gasteiger partial charge in [-0.05, 0) is 25.5 Å².